The minimum absolute atomic E-state index is 0.0143. The molecule has 0 spiro atoms. The lowest BCUT2D eigenvalue weighted by Crippen LogP contribution is -2.52. The molecule has 104 valence electrons. The van der Waals surface area contributed by atoms with Crippen LogP contribution < -0.4 is 5.73 Å². The summed E-state index contributed by atoms with van der Waals surface area (Å²) in [4.78, 5) is 20.0. The van der Waals surface area contributed by atoms with Crippen molar-refractivity contribution in [3.05, 3.63) is 30.1 Å². The number of nitrogens with zero attached hydrogens (tertiary/aromatic N) is 3. The Morgan fingerprint density at radius 3 is 2.84 bits per heavy atom. The van der Waals surface area contributed by atoms with Crippen molar-refractivity contribution in [1.82, 2.24) is 14.8 Å². The van der Waals surface area contributed by atoms with Crippen molar-refractivity contribution in [2.75, 3.05) is 26.7 Å². The van der Waals surface area contributed by atoms with E-state index in [1.54, 1.807) is 11.1 Å². The highest BCUT2D eigenvalue weighted by Gasteiger charge is 2.31. The highest BCUT2D eigenvalue weighted by atomic mass is 16.2. The third-order valence-corrected chi connectivity index (χ3v) is 3.78. The van der Waals surface area contributed by atoms with Crippen LogP contribution in [0.3, 0.4) is 0 Å². The molecule has 2 N–H and O–H groups in total. The number of hydrogen-bond acceptors (Lipinski definition) is 4. The average molecular weight is 262 g/mol. The van der Waals surface area contributed by atoms with Gasteiger partial charge in [0, 0.05) is 38.6 Å². The maximum Gasteiger partial charge on any atom is 0.236 e. The SMILES string of the molecule is CCC(N)C(c1cccnc1)N1CCN(C)C(=O)C1. The van der Waals surface area contributed by atoms with Gasteiger partial charge in [-0.2, -0.15) is 0 Å². The molecule has 2 unspecified atom stereocenters. The van der Waals surface area contributed by atoms with Crippen molar-refractivity contribution in [2.45, 2.75) is 25.4 Å². The van der Waals surface area contributed by atoms with E-state index >= 15 is 0 Å². The lowest BCUT2D eigenvalue weighted by atomic mass is 9.97. The molecule has 1 aromatic heterocycles. The Labute approximate surface area is 114 Å². The molecular formula is C14H22N4O. The Hall–Kier alpha value is -1.46. The molecule has 1 saturated heterocycles. The fourth-order valence-corrected chi connectivity index (χ4v) is 2.52. The molecule has 1 aliphatic heterocycles. The summed E-state index contributed by atoms with van der Waals surface area (Å²) in [5, 5.41) is 0. The zero-order chi connectivity index (χ0) is 13.8. The Morgan fingerprint density at radius 1 is 1.47 bits per heavy atom. The first-order chi connectivity index (χ1) is 9.13. The van der Waals surface area contributed by atoms with Crippen LogP contribution in [-0.4, -0.2) is 53.4 Å². The van der Waals surface area contributed by atoms with Gasteiger partial charge in [0.05, 0.1) is 12.6 Å². The van der Waals surface area contributed by atoms with Gasteiger partial charge in [0.15, 0.2) is 0 Å². The van der Waals surface area contributed by atoms with E-state index < -0.39 is 0 Å². The molecule has 2 heterocycles. The molecule has 0 saturated carbocycles. The van der Waals surface area contributed by atoms with Gasteiger partial charge in [-0.05, 0) is 18.1 Å². The number of carbonyl (C=O) groups excluding carboxylic acids is 1. The normalized spacial score (nSPS) is 20.4. The Balaban J connectivity index is 2.21. The van der Waals surface area contributed by atoms with Gasteiger partial charge in [-0.15, -0.1) is 0 Å². The number of hydrogen-bond donors (Lipinski definition) is 1. The van der Waals surface area contributed by atoms with Gasteiger partial charge in [-0.25, -0.2) is 0 Å². The fraction of sp³-hybridized carbons (Fsp3) is 0.571. The monoisotopic (exact) mass is 262 g/mol. The van der Waals surface area contributed by atoms with E-state index in [0.29, 0.717) is 6.54 Å². The third-order valence-electron chi connectivity index (χ3n) is 3.78. The summed E-state index contributed by atoms with van der Waals surface area (Å²) in [6.45, 7) is 4.12. The first-order valence-corrected chi connectivity index (χ1v) is 6.77. The molecule has 1 amide bonds. The number of rotatable bonds is 4. The molecule has 0 aromatic carbocycles. The second-order valence-electron chi connectivity index (χ2n) is 5.09. The summed E-state index contributed by atoms with van der Waals surface area (Å²) in [7, 11) is 1.85. The van der Waals surface area contributed by atoms with Crippen molar-refractivity contribution < 1.29 is 4.79 Å². The van der Waals surface area contributed by atoms with Crippen LogP contribution >= 0.6 is 0 Å². The molecular weight excluding hydrogens is 240 g/mol. The van der Waals surface area contributed by atoms with Crippen LogP contribution in [0.1, 0.15) is 24.9 Å². The molecule has 0 aliphatic carbocycles. The van der Waals surface area contributed by atoms with Crippen molar-refractivity contribution in [3.8, 4) is 0 Å². The van der Waals surface area contributed by atoms with Gasteiger partial charge in [0.1, 0.15) is 0 Å². The van der Waals surface area contributed by atoms with E-state index in [2.05, 4.69) is 16.8 Å². The number of amides is 1. The van der Waals surface area contributed by atoms with Crippen molar-refractivity contribution in [1.29, 1.82) is 0 Å². The van der Waals surface area contributed by atoms with Crippen LogP contribution in [0.2, 0.25) is 0 Å². The molecule has 5 nitrogen and oxygen atoms in total. The smallest absolute Gasteiger partial charge is 0.236 e. The predicted molar refractivity (Wildman–Crippen MR) is 74.5 cm³/mol. The van der Waals surface area contributed by atoms with E-state index in [9.17, 15) is 4.79 Å². The van der Waals surface area contributed by atoms with Gasteiger partial charge < -0.3 is 10.6 Å². The molecule has 1 aliphatic rings. The summed E-state index contributed by atoms with van der Waals surface area (Å²) in [5.74, 6) is 0.156. The number of carbonyl (C=O) groups is 1. The minimum atomic E-state index is 0.0143. The van der Waals surface area contributed by atoms with Crippen LogP contribution in [0, 0.1) is 0 Å². The first-order valence-electron chi connectivity index (χ1n) is 6.77. The number of aromatic nitrogens is 1. The van der Waals surface area contributed by atoms with E-state index in [-0.39, 0.29) is 18.0 Å². The van der Waals surface area contributed by atoms with Gasteiger partial charge in [-0.3, -0.25) is 14.7 Å². The lowest BCUT2D eigenvalue weighted by Gasteiger charge is -2.39. The minimum Gasteiger partial charge on any atom is -0.343 e. The molecule has 5 heteroatoms. The van der Waals surface area contributed by atoms with Crippen LogP contribution in [-0.2, 0) is 4.79 Å². The Morgan fingerprint density at radius 2 is 2.26 bits per heavy atom. The Kier molecular flexibility index (Phi) is 4.50. The van der Waals surface area contributed by atoms with E-state index in [0.717, 1.165) is 25.1 Å². The topological polar surface area (TPSA) is 62.5 Å². The number of piperazine rings is 1. The summed E-state index contributed by atoms with van der Waals surface area (Å²) in [5.41, 5.74) is 7.36. The quantitative estimate of drug-likeness (QED) is 0.864. The number of nitrogens with two attached hydrogens (primary N) is 1. The maximum absolute atomic E-state index is 11.9. The summed E-state index contributed by atoms with van der Waals surface area (Å²) < 4.78 is 0. The molecule has 19 heavy (non-hydrogen) atoms. The second-order valence-corrected chi connectivity index (χ2v) is 5.09. The summed E-state index contributed by atoms with van der Waals surface area (Å²) in [6, 6.07) is 4.04. The molecule has 0 bridgehead atoms. The maximum atomic E-state index is 11.9. The first kappa shape index (κ1) is 14.0. The number of likely N-dealkylation sites (N-methyl/N-ethyl adjacent to an activating group) is 1. The molecule has 1 fully saturated rings. The zero-order valence-corrected chi connectivity index (χ0v) is 11.6. The summed E-state index contributed by atoms with van der Waals surface area (Å²) in [6.07, 6.45) is 4.48. The summed E-state index contributed by atoms with van der Waals surface area (Å²) >= 11 is 0. The van der Waals surface area contributed by atoms with Crippen molar-refractivity contribution in [2.24, 2.45) is 5.73 Å². The molecule has 1 aromatic rings. The van der Waals surface area contributed by atoms with Crippen LogP contribution in [0.15, 0.2) is 24.5 Å². The lowest BCUT2D eigenvalue weighted by molar-refractivity contribution is -0.135. The highest BCUT2D eigenvalue weighted by molar-refractivity contribution is 5.78. The van der Waals surface area contributed by atoms with E-state index in [1.807, 2.05) is 25.4 Å². The Bertz CT molecular complexity index is 423. The van der Waals surface area contributed by atoms with Gasteiger partial charge in [-0.1, -0.05) is 13.0 Å². The van der Waals surface area contributed by atoms with Crippen molar-refractivity contribution >= 4 is 5.91 Å². The van der Waals surface area contributed by atoms with E-state index in [1.165, 1.54) is 0 Å². The third kappa shape index (κ3) is 3.11. The van der Waals surface area contributed by atoms with Gasteiger partial charge in [0.25, 0.3) is 0 Å². The van der Waals surface area contributed by atoms with Gasteiger partial charge in [0.2, 0.25) is 5.91 Å². The second kappa shape index (κ2) is 6.12. The van der Waals surface area contributed by atoms with E-state index in [4.69, 9.17) is 5.73 Å². The highest BCUT2D eigenvalue weighted by Crippen LogP contribution is 2.25. The fourth-order valence-electron chi connectivity index (χ4n) is 2.52. The molecule has 2 atom stereocenters. The molecule has 2 rings (SSSR count). The number of pyridine rings is 1. The average Bonchev–Trinajstić information content (AvgIpc) is 2.44. The standard InChI is InChI=1S/C14H22N4O/c1-3-12(15)14(11-5-4-6-16-9-11)18-8-7-17(2)13(19)10-18/h4-6,9,12,14H,3,7-8,10,15H2,1-2H3. The van der Waals surface area contributed by atoms with Crippen LogP contribution in [0.4, 0.5) is 0 Å². The molecule has 0 radical (unpaired) electrons. The predicted octanol–water partition coefficient (Wildman–Crippen LogP) is 0.634. The largest absolute Gasteiger partial charge is 0.343 e. The van der Waals surface area contributed by atoms with Gasteiger partial charge >= 0.3 is 0 Å². The zero-order valence-electron chi connectivity index (χ0n) is 11.6. The van der Waals surface area contributed by atoms with Crippen LogP contribution in [0.25, 0.3) is 0 Å². The van der Waals surface area contributed by atoms with Crippen molar-refractivity contribution in [3.63, 3.8) is 0 Å². The van der Waals surface area contributed by atoms with Crippen LogP contribution in [0.5, 0.6) is 0 Å².